The number of amides is 1. The summed E-state index contributed by atoms with van der Waals surface area (Å²) in [4.78, 5) is 18.8. The van der Waals surface area contributed by atoms with Crippen molar-refractivity contribution in [1.29, 1.82) is 0 Å². The lowest BCUT2D eigenvalue weighted by Gasteiger charge is -2.46. The Bertz CT molecular complexity index is 846. The summed E-state index contributed by atoms with van der Waals surface area (Å²) in [5.74, 6) is -2.27. The van der Waals surface area contributed by atoms with Gasteiger partial charge < -0.3 is 15.4 Å². The molecule has 0 aromatic carbocycles. The van der Waals surface area contributed by atoms with Crippen molar-refractivity contribution in [3.05, 3.63) is 23.6 Å². The van der Waals surface area contributed by atoms with Gasteiger partial charge in [0.25, 0.3) is 0 Å². The van der Waals surface area contributed by atoms with Gasteiger partial charge in [0, 0.05) is 7.05 Å². The molecule has 2 heterocycles. The Morgan fingerprint density at radius 1 is 1.52 bits per heavy atom. The Labute approximate surface area is 152 Å². The standard InChI is InChI=1S/C13H18F4N6O3S/c1-12(9-7(14)3-4-8(18)20-9)6-27(26,19-2)23(5-13(15,16)17)10(22-12)21-11(24)25/h3-4,27H,5-6H2,1-2H3,(H2,18,20)(H,19,26)(H,21,22)(H,24,25). The van der Waals surface area contributed by atoms with Gasteiger partial charge in [-0.1, -0.05) is 0 Å². The van der Waals surface area contributed by atoms with Gasteiger partial charge in [-0.05, 0) is 29.3 Å². The molecule has 1 unspecified atom stereocenters. The minimum absolute atomic E-state index is 0.0800. The van der Waals surface area contributed by atoms with Crippen molar-refractivity contribution in [2.75, 3.05) is 25.1 Å². The number of nitrogens with zero attached hydrogens (tertiary/aromatic N) is 4. The van der Waals surface area contributed by atoms with Crippen LogP contribution in [0.4, 0.5) is 28.2 Å². The van der Waals surface area contributed by atoms with E-state index in [4.69, 9.17) is 10.8 Å². The monoisotopic (exact) mass is 414 g/mol. The summed E-state index contributed by atoms with van der Waals surface area (Å²) >= 11 is 0. The first-order valence-corrected chi connectivity index (χ1v) is 9.22. The second-order valence-electron chi connectivity index (χ2n) is 5.93. The fourth-order valence-electron chi connectivity index (χ4n) is 2.66. The average Bonchev–Trinajstić information content (AvgIpc) is 2.52. The molecule has 1 atom stereocenters. The Balaban J connectivity index is 2.70. The Morgan fingerprint density at radius 2 is 2.15 bits per heavy atom. The minimum atomic E-state index is -4.78. The van der Waals surface area contributed by atoms with Gasteiger partial charge in [0.15, 0.2) is 0 Å². The molecule has 2 rings (SSSR count). The summed E-state index contributed by atoms with van der Waals surface area (Å²) in [6.45, 7) is -0.404. The third-order valence-corrected chi connectivity index (χ3v) is 6.53. The van der Waals surface area contributed by atoms with Crippen LogP contribution >= 0.6 is 0 Å². The first-order chi connectivity index (χ1) is 12.3. The van der Waals surface area contributed by atoms with Crippen molar-refractivity contribution in [2.45, 2.75) is 18.6 Å². The van der Waals surface area contributed by atoms with Crippen LogP contribution in [0.2, 0.25) is 0 Å². The second kappa shape index (κ2) is 6.92. The number of rotatable bonds is 2. The van der Waals surface area contributed by atoms with E-state index < -0.39 is 52.2 Å². The molecule has 1 aliphatic rings. The van der Waals surface area contributed by atoms with Crippen LogP contribution < -0.4 is 11.1 Å². The number of pyridine rings is 1. The molecule has 1 aromatic rings. The van der Waals surface area contributed by atoms with Crippen molar-refractivity contribution < 1.29 is 32.0 Å². The van der Waals surface area contributed by atoms with Gasteiger partial charge >= 0.3 is 12.3 Å². The van der Waals surface area contributed by atoms with Crippen LogP contribution in [0.5, 0.6) is 0 Å². The number of nitrogen functional groups attached to an aromatic ring is 1. The molecular weight excluding hydrogens is 396 g/mol. The summed E-state index contributed by atoms with van der Waals surface area (Å²) in [6, 6.07) is 2.16. The molecule has 0 aliphatic carbocycles. The maximum Gasteiger partial charge on any atom is 0.411 e. The summed E-state index contributed by atoms with van der Waals surface area (Å²) < 4.78 is 68.0. The Kier molecular flexibility index (Phi) is 5.34. The van der Waals surface area contributed by atoms with Crippen molar-refractivity contribution in [1.82, 2.24) is 14.6 Å². The lowest BCUT2D eigenvalue weighted by molar-refractivity contribution is -0.131. The van der Waals surface area contributed by atoms with E-state index in [-0.39, 0.29) is 11.5 Å². The van der Waals surface area contributed by atoms with Crippen LogP contribution in [0, 0.1) is 5.82 Å². The SMILES string of the molecule is CN=[SH]1(O)CC(C)(c2nc(N)ccc2F)N=C(NC(=O)O)N1CC(F)(F)F. The smallest absolute Gasteiger partial charge is 0.411 e. The molecule has 152 valence electrons. The van der Waals surface area contributed by atoms with Gasteiger partial charge in [0.2, 0.25) is 5.96 Å². The number of aliphatic imine (C=N–C) groups is 1. The molecule has 9 nitrogen and oxygen atoms in total. The molecule has 1 aromatic heterocycles. The lowest BCUT2D eigenvalue weighted by atomic mass is 10.00. The Morgan fingerprint density at radius 3 is 2.67 bits per heavy atom. The van der Waals surface area contributed by atoms with Gasteiger partial charge in [0.1, 0.15) is 29.4 Å². The number of guanidine groups is 1. The molecule has 0 spiro atoms. The van der Waals surface area contributed by atoms with Crippen molar-refractivity contribution in [2.24, 2.45) is 9.36 Å². The molecule has 14 heteroatoms. The van der Waals surface area contributed by atoms with Gasteiger partial charge in [-0.15, -0.1) is 0 Å². The number of anilines is 1. The number of aromatic nitrogens is 1. The highest BCUT2D eigenvalue weighted by Crippen LogP contribution is 2.37. The summed E-state index contributed by atoms with van der Waals surface area (Å²) in [5, 5.41) is 10.7. The van der Waals surface area contributed by atoms with Crippen LogP contribution in [-0.2, 0) is 15.8 Å². The van der Waals surface area contributed by atoms with Crippen LogP contribution in [-0.4, -0.2) is 56.5 Å². The predicted molar refractivity (Wildman–Crippen MR) is 91.9 cm³/mol. The van der Waals surface area contributed by atoms with E-state index >= 15 is 0 Å². The first kappa shape index (κ1) is 20.8. The number of nitrogens with one attached hydrogen (secondary N) is 1. The van der Waals surface area contributed by atoms with Crippen LogP contribution in [0.1, 0.15) is 12.6 Å². The minimum Gasteiger partial charge on any atom is -0.465 e. The van der Waals surface area contributed by atoms with E-state index in [1.165, 1.54) is 13.0 Å². The van der Waals surface area contributed by atoms with E-state index in [1.54, 1.807) is 5.32 Å². The number of halogens is 4. The molecule has 5 N–H and O–H groups in total. The summed E-state index contributed by atoms with van der Waals surface area (Å²) in [6.07, 6.45) is -6.50. The van der Waals surface area contributed by atoms with Gasteiger partial charge in [0.05, 0.1) is 5.75 Å². The third-order valence-electron chi connectivity index (χ3n) is 3.75. The number of hydrogen-bond acceptors (Lipinski definition) is 5. The van der Waals surface area contributed by atoms with Gasteiger partial charge in [-0.2, -0.15) is 13.2 Å². The van der Waals surface area contributed by atoms with E-state index in [2.05, 4.69) is 14.3 Å². The number of alkyl halides is 3. The summed E-state index contributed by atoms with van der Waals surface area (Å²) in [5.41, 5.74) is 3.49. The topological polar surface area (TPSA) is 136 Å². The highest BCUT2D eigenvalue weighted by Gasteiger charge is 2.46. The van der Waals surface area contributed by atoms with Crippen molar-refractivity contribution in [3.63, 3.8) is 0 Å². The van der Waals surface area contributed by atoms with E-state index in [1.807, 2.05) is 0 Å². The molecule has 0 radical (unpaired) electrons. The molecule has 27 heavy (non-hydrogen) atoms. The first-order valence-electron chi connectivity index (χ1n) is 7.39. The normalized spacial score (nSPS) is 23.4. The number of carbonyl (C=O) groups is 1. The second-order valence-corrected chi connectivity index (χ2v) is 8.51. The molecular formula is C13H18F4N6O3S. The average molecular weight is 414 g/mol. The molecule has 0 bridgehead atoms. The van der Waals surface area contributed by atoms with Crippen LogP contribution in [0.15, 0.2) is 21.5 Å². The van der Waals surface area contributed by atoms with Crippen molar-refractivity contribution in [3.8, 4) is 0 Å². The molecule has 0 saturated carbocycles. The zero-order valence-corrected chi connectivity index (χ0v) is 15.1. The number of hydrogen-bond donors (Lipinski definition) is 5. The third kappa shape index (κ3) is 4.44. The van der Waals surface area contributed by atoms with E-state index in [9.17, 15) is 26.9 Å². The fourth-order valence-corrected chi connectivity index (χ4v) is 5.02. The highest BCUT2D eigenvalue weighted by atomic mass is 32.3. The van der Waals surface area contributed by atoms with Gasteiger partial charge in [-0.25, -0.2) is 23.5 Å². The van der Waals surface area contributed by atoms with E-state index in [0.717, 1.165) is 13.1 Å². The largest absolute Gasteiger partial charge is 0.465 e. The van der Waals surface area contributed by atoms with E-state index in [0.29, 0.717) is 4.31 Å². The number of thiol groups is 1. The lowest BCUT2D eigenvalue weighted by Crippen LogP contribution is -2.59. The molecule has 1 aliphatic heterocycles. The highest BCUT2D eigenvalue weighted by molar-refractivity contribution is 7.98. The quantitative estimate of drug-likeness (QED) is 0.368. The maximum absolute atomic E-state index is 14.3. The zero-order valence-electron chi connectivity index (χ0n) is 14.2. The van der Waals surface area contributed by atoms with Gasteiger partial charge in [-0.3, -0.25) is 9.62 Å². The zero-order chi connectivity index (χ0) is 20.6. The molecule has 0 saturated heterocycles. The van der Waals surface area contributed by atoms with Crippen LogP contribution in [0.25, 0.3) is 0 Å². The number of nitrogens with two attached hydrogens (primary N) is 1. The Hall–Kier alpha value is -2.48. The molecule has 1 amide bonds. The molecule has 0 fully saturated rings. The maximum atomic E-state index is 14.3. The predicted octanol–water partition coefficient (Wildman–Crippen LogP) is 1.61. The fraction of sp³-hybridized carbons (Fsp3) is 0.462. The number of carboxylic acid groups (broad SMARTS) is 1. The summed E-state index contributed by atoms with van der Waals surface area (Å²) in [7, 11) is -2.86. The van der Waals surface area contributed by atoms with Crippen molar-refractivity contribution >= 4 is 28.2 Å². The van der Waals surface area contributed by atoms with Crippen LogP contribution in [0.3, 0.4) is 0 Å².